The summed E-state index contributed by atoms with van der Waals surface area (Å²) >= 11 is 0. The Morgan fingerprint density at radius 1 is 0.677 bits per heavy atom. The number of fused-ring (bicyclic) bond motifs is 7. The van der Waals surface area contributed by atoms with E-state index in [0.29, 0.717) is 39.6 Å². The fraction of sp³-hybridized carbons (Fsp3) is 1.00. The van der Waals surface area contributed by atoms with Crippen LogP contribution in [0.1, 0.15) is 119 Å². The molecule has 31 heavy (non-hydrogen) atoms. The van der Waals surface area contributed by atoms with Crippen LogP contribution in [0.4, 0.5) is 0 Å². The normalized spacial score (nSPS) is 56.7. The van der Waals surface area contributed by atoms with Crippen molar-refractivity contribution in [1.82, 2.24) is 0 Å². The molecule has 5 aliphatic carbocycles. The molecule has 178 valence electrons. The van der Waals surface area contributed by atoms with Crippen LogP contribution in [0.3, 0.4) is 0 Å². The van der Waals surface area contributed by atoms with E-state index >= 15 is 0 Å². The first-order chi connectivity index (χ1) is 14.4. The summed E-state index contributed by atoms with van der Waals surface area (Å²) in [5, 5.41) is 9.93. The summed E-state index contributed by atoms with van der Waals surface area (Å²) in [6, 6.07) is 0. The van der Waals surface area contributed by atoms with Crippen molar-refractivity contribution in [1.29, 1.82) is 0 Å². The Hall–Kier alpha value is -0.0400. The number of hydrogen-bond acceptors (Lipinski definition) is 1. The van der Waals surface area contributed by atoms with Gasteiger partial charge in [-0.1, -0.05) is 54.9 Å². The summed E-state index contributed by atoms with van der Waals surface area (Å²) in [4.78, 5) is 0. The fourth-order valence-corrected chi connectivity index (χ4v) is 12.2. The van der Waals surface area contributed by atoms with E-state index in [1.54, 1.807) is 0 Å². The van der Waals surface area contributed by atoms with E-state index in [1.165, 1.54) is 70.6 Å². The third-order valence-corrected chi connectivity index (χ3v) is 13.8. The molecule has 10 unspecified atom stereocenters. The Labute approximate surface area is 193 Å². The molecule has 10 atom stereocenters. The highest BCUT2D eigenvalue weighted by Crippen LogP contribution is 2.78. The molecule has 0 aromatic rings. The molecule has 5 saturated carbocycles. The van der Waals surface area contributed by atoms with Crippen LogP contribution < -0.4 is 0 Å². The first-order valence-corrected chi connectivity index (χ1v) is 14.0. The van der Waals surface area contributed by atoms with E-state index in [0.717, 1.165) is 29.6 Å². The SMILES string of the molecule is CC(CO)C1CCC2(C)C1CCC1(C)C2CCC2C3(C)CCCC(C)(C)C3CCC21C. The largest absolute Gasteiger partial charge is 0.396 e. The Balaban J connectivity index is 1.50. The van der Waals surface area contributed by atoms with Crippen molar-refractivity contribution in [3.8, 4) is 0 Å². The molecular formula is C30H52O. The minimum atomic E-state index is 0.383. The lowest BCUT2D eigenvalue weighted by molar-refractivity contribution is -0.241. The van der Waals surface area contributed by atoms with Crippen molar-refractivity contribution in [3.63, 3.8) is 0 Å². The maximum Gasteiger partial charge on any atom is 0.0459 e. The molecule has 5 rings (SSSR count). The first-order valence-electron chi connectivity index (χ1n) is 14.0. The zero-order valence-electron chi connectivity index (χ0n) is 21.9. The Morgan fingerprint density at radius 3 is 1.94 bits per heavy atom. The molecule has 0 bridgehead atoms. The van der Waals surface area contributed by atoms with Gasteiger partial charge in [-0.05, 0) is 127 Å². The second kappa shape index (κ2) is 6.99. The maximum absolute atomic E-state index is 9.93. The third kappa shape index (κ3) is 2.77. The molecule has 1 N–H and O–H groups in total. The maximum atomic E-state index is 9.93. The van der Waals surface area contributed by atoms with Gasteiger partial charge in [-0.15, -0.1) is 0 Å². The average molecular weight is 429 g/mol. The summed E-state index contributed by atoms with van der Waals surface area (Å²) in [5.74, 6) is 4.86. The van der Waals surface area contributed by atoms with Crippen LogP contribution in [0.15, 0.2) is 0 Å². The van der Waals surface area contributed by atoms with Gasteiger partial charge in [-0.25, -0.2) is 0 Å². The molecule has 0 spiro atoms. The van der Waals surface area contributed by atoms with Gasteiger partial charge in [0, 0.05) is 6.61 Å². The number of aliphatic hydroxyl groups is 1. The molecule has 1 nitrogen and oxygen atoms in total. The van der Waals surface area contributed by atoms with Gasteiger partial charge in [0.25, 0.3) is 0 Å². The van der Waals surface area contributed by atoms with E-state index in [4.69, 9.17) is 0 Å². The van der Waals surface area contributed by atoms with Gasteiger partial charge >= 0.3 is 0 Å². The summed E-state index contributed by atoms with van der Waals surface area (Å²) in [5.41, 5.74) is 2.63. The smallest absolute Gasteiger partial charge is 0.0459 e. The topological polar surface area (TPSA) is 20.2 Å². The van der Waals surface area contributed by atoms with Crippen LogP contribution in [-0.4, -0.2) is 11.7 Å². The lowest BCUT2D eigenvalue weighted by atomic mass is 9.32. The molecule has 0 aliphatic heterocycles. The molecular weight excluding hydrogens is 376 g/mol. The third-order valence-electron chi connectivity index (χ3n) is 13.8. The van der Waals surface area contributed by atoms with Crippen molar-refractivity contribution in [2.45, 2.75) is 119 Å². The number of hydrogen-bond donors (Lipinski definition) is 1. The molecule has 0 aromatic carbocycles. The van der Waals surface area contributed by atoms with Gasteiger partial charge in [0.05, 0.1) is 0 Å². The minimum Gasteiger partial charge on any atom is -0.396 e. The summed E-state index contributed by atoms with van der Waals surface area (Å²) in [7, 11) is 0. The van der Waals surface area contributed by atoms with Gasteiger partial charge in [0.2, 0.25) is 0 Å². The first kappa shape index (κ1) is 22.7. The minimum absolute atomic E-state index is 0.383. The van der Waals surface area contributed by atoms with Crippen LogP contribution in [-0.2, 0) is 0 Å². The van der Waals surface area contributed by atoms with E-state index in [1.807, 2.05) is 0 Å². The fourth-order valence-electron chi connectivity index (χ4n) is 12.2. The summed E-state index contributed by atoms with van der Waals surface area (Å²) < 4.78 is 0. The van der Waals surface area contributed by atoms with Crippen molar-refractivity contribution < 1.29 is 5.11 Å². The Bertz CT molecular complexity index is 711. The molecule has 0 radical (unpaired) electrons. The molecule has 0 heterocycles. The van der Waals surface area contributed by atoms with E-state index in [9.17, 15) is 5.11 Å². The van der Waals surface area contributed by atoms with Crippen LogP contribution >= 0.6 is 0 Å². The van der Waals surface area contributed by atoms with Crippen molar-refractivity contribution in [3.05, 3.63) is 0 Å². The second-order valence-electron chi connectivity index (χ2n) is 15.0. The van der Waals surface area contributed by atoms with Gasteiger partial charge in [0.1, 0.15) is 0 Å². The lowest BCUT2D eigenvalue weighted by Gasteiger charge is -2.73. The molecule has 0 aromatic heterocycles. The van der Waals surface area contributed by atoms with Gasteiger partial charge in [-0.2, -0.15) is 0 Å². The van der Waals surface area contributed by atoms with E-state index in [2.05, 4.69) is 48.5 Å². The quantitative estimate of drug-likeness (QED) is 0.471. The zero-order chi connectivity index (χ0) is 22.4. The average Bonchev–Trinajstić information content (AvgIpc) is 3.04. The molecule has 0 amide bonds. The number of rotatable bonds is 2. The molecule has 5 aliphatic rings. The zero-order valence-corrected chi connectivity index (χ0v) is 21.9. The summed E-state index contributed by atoms with van der Waals surface area (Å²) in [6.07, 6.45) is 16.0. The van der Waals surface area contributed by atoms with Gasteiger partial charge < -0.3 is 5.11 Å². The molecule has 0 saturated heterocycles. The van der Waals surface area contributed by atoms with Crippen molar-refractivity contribution >= 4 is 0 Å². The van der Waals surface area contributed by atoms with Gasteiger partial charge in [-0.3, -0.25) is 0 Å². The predicted octanol–water partition coefficient (Wildman–Crippen LogP) is 8.11. The second-order valence-corrected chi connectivity index (χ2v) is 15.0. The Morgan fingerprint density at radius 2 is 1.29 bits per heavy atom. The highest BCUT2D eigenvalue weighted by molar-refractivity contribution is 5.19. The Kier molecular flexibility index (Phi) is 5.13. The standard InChI is InChI=1S/C30H52O/c1-20(19-31)21-11-16-27(4)22(21)12-17-29(6)24(27)9-10-25-28(5)15-8-14-26(2,3)23(28)13-18-30(25,29)7/h20-25,31H,8-19H2,1-7H3. The van der Waals surface area contributed by atoms with Gasteiger partial charge in [0.15, 0.2) is 0 Å². The van der Waals surface area contributed by atoms with Crippen LogP contribution in [0.25, 0.3) is 0 Å². The predicted molar refractivity (Wildman–Crippen MR) is 131 cm³/mol. The monoisotopic (exact) mass is 428 g/mol. The van der Waals surface area contributed by atoms with Crippen LogP contribution in [0.2, 0.25) is 0 Å². The van der Waals surface area contributed by atoms with Crippen molar-refractivity contribution in [2.24, 2.45) is 62.6 Å². The molecule has 5 fully saturated rings. The van der Waals surface area contributed by atoms with Crippen molar-refractivity contribution in [2.75, 3.05) is 6.61 Å². The van der Waals surface area contributed by atoms with E-state index < -0.39 is 0 Å². The van der Waals surface area contributed by atoms with Crippen LogP contribution in [0, 0.1) is 62.6 Å². The molecule has 1 heteroatoms. The lowest BCUT2D eigenvalue weighted by Crippen LogP contribution is -2.65. The highest BCUT2D eigenvalue weighted by atomic mass is 16.3. The summed E-state index contributed by atoms with van der Waals surface area (Å²) in [6.45, 7) is 18.9. The number of aliphatic hydroxyl groups excluding tert-OH is 1. The highest BCUT2D eigenvalue weighted by Gasteiger charge is 2.70. The van der Waals surface area contributed by atoms with Crippen LogP contribution in [0.5, 0.6) is 0 Å². The van der Waals surface area contributed by atoms with E-state index in [-0.39, 0.29) is 0 Å².